The van der Waals surface area contributed by atoms with Gasteiger partial charge in [-0.05, 0) is 53.2 Å². The number of halogens is 1. The van der Waals surface area contributed by atoms with Gasteiger partial charge in [-0.2, -0.15) is 0 Å². The van der Waals surface area contributed by atoms with Gasteiger partial charge in [-0.1, -0.05) is 18.1 Å². The minimum atomic E-state index is 0.248. The molecule has 0 amide bonds. The number of hydrogen-bond donors (Lipinski definition) is 1. The Hall–Kier alpha value is -0.670. The second kappa shape index (κ2) is 5.60. The Labute approximate surface area is 105 Å². The Morgan fingerprint density at radius 2 is 2.25 bits per heavy atom. The third-order valence-corrected chi connectivity index (χ3v) is 3.36. The van der Waals surface area contributed by atoms with Gasteiger partial charge in [0.15, 0.2) is 0 Å². The van der Waals surface area contributed by atoms with Crippen LogP contribution in [0.1, 0.15) is 31.2 Å². The van der Waals surface area contributed by atoms with E-state index in [1.54, 1.807) is 0 Å². The lowest BCUT2D eigenvalue weighted by Crippen LogP contribution is -2.16. The molecule has 0 saturated carbocycles. The van der Waals surface area contributed by atoms with Crippen LogP contribution in [0.2, 0.25) is 0 Å². The molecule has 1 aromatic heterocycles. The molecule has 3 heteroatoms. The molecule has 0 saturated heterocycles. The van der Waals surface area contributed by atoms with Gasteiger partial charge in [-0.3, -0.25) is 4.98 Å². The van der Waals surface area contributed by atoms with E-state index in [1.165, 1.54) is 30.4 Å². The standard InChI is InChI=1S/C13H17BrN2/c14-12-6-11(8-16-9-12)5-10-3-1-2-4-13(15)7-10/h6-9,13H,1-5,15H2. The summed E-state index contributed by atoms with van der Waals surface area (Å²) in [4.78, 5) is 4.19. The van der Waals surface area contributed by atoms with Crippen LogP contribution in [0.3, 0.4) is 0 Å². The predicted molar refractivity (Wildman–Crippen MR) is 70.2 cm³/mol. The molecule has 0 fully saturated rings. The van der Waals surface area contributed by atoms with Crippen LogP contribution in [0.15, 0.2) is 34.6 Å². The van der Waals surface area contributed by atoms with Crippen molar-refractivity contribution in [1.82, 2.24) is 4.98 Å². The van der Waals surface area contributed by atoms with Crippen LogP contribution < -0.4 is 5.73 Å². The summed E-state index contributed by atoms with van der Waals surface area (Å²) in [6.45, 7) is 0. The molecule has 1 unspecified atom stereocenters. The molecule has 2 nitrogen and oxygen atoms in total. The molecule has 1 aliphatic carbocycles. The summed E-state index contributed by atoms with van der Waals surface area (Å²) in [5, 5.41) is 0. The zero-order valence-corrected chi connectivity index (χ0v) is 10.9. The van der Waals surface area contributed by atoms with Gasteiger partial charge in [-0.15, -0.1) is 0 Å². The molecule has 2 rings (SSSR count). The van der Waals surface area contributed by atoms with Crippen molar-refractivity contribution in [3.05, 3.63) is 40.1 Å². The monoisotopic (exact) mass is 280 g/mol. The first-order chi connectivity index (χ1) is 7.74. The van der Waals surface area contributed by atoms with Gasteiger partial charge in [0.25, 0.3) is 0 Å². The molecule has 0 aliphatic heterocycles. The highest BCUT2D eigenvalue weighted by molar-refractivity contribution is 9.10. The molecule has 1 atom stereocenters. The highest BCUT2D eigenvalue weighted by Crippen LogP contribution is 2.21. The largest absolute Gasteiger partial charge is 0.324 e. The van der Waals surface area contributed by atoms with E-state index in [1.807, 2.05) is 12.4 Å². The molecular weight excluding hydrogens is 264 g/mol. The Morgan fingerprint density at radius 3 is 3.06 bits per heavy atom. The molecule has 0 aromatic carbocycles. The first-order valence-corrected chi connectivity index (χ1v) is 6.58. The van der Waals surface area contributed by atoms with E-state index in [4.69, 9.17) is 5.73 Å². The molecule has 1 aromatic rings. The maximum atomic E-state index is 6.01. The molecule has 16 heavy (non-hydrogen) atoms. The molecule has 1 aliphatic rings. The van der Waals surface area contributed by atoms with Crippen LogP contribution >= 0.6 is 15.9 Å². The van der Waals surface area contributed by atoms with Crippen molar-refractivity contribution in [1.29, 1.82) is 0 Å². The van der Waals surface area contributed by atoms with E-state index in [2.05, 4.69) is 33.1 Å². The Balaban J connectivity index is 2.08. The molecule has 2 N–H and O–H groups in total. The Kier molecular flexibility index (Phi) is 4.13. The zero-order chi connectivity index (χ0) is 11.4. The van der Waals surface area contributed by atoms with Crippen molar-refractivity contribution in [2.24, 2.45) is 5.73 Å². The average molecular weight is 281 g/mol. The summed E-state index contributed by atoms with van der Waals surface area (Å²) < 4.78 is 1.04. The Morgan fingerprint density at radius 1 is 1.38 bits per heavy atom. The second-order valence-corrected chi connectivity index (χ2v) is 5.34. The van der Waals surface area contributed by atoms with Gasteiger partial charge in [-0.25, -0.2) is 0 Å². The molecule has 0 spiro atoms. The van der Waals surface area contributed by atoms with E-state index in [0.29, 0.717) is 0 Å². The van der Waals surface area contributed by atoms with Gasteiger partial charge < -0.3 is 5.73 Å². The van der Waals surface area contributed by atoms with Crippen LogP contribution in [0.5, 0.6) is 0 Å². The van der Waals surface area contributed by atoms with Crippen molar-refractivity contribution < 1.29 is 0 Å². The number of allylic oxidation sites excluding steroid dienone is 1. The van der Waals surface area contributed by atoms with Gasteiger partial charge in [0.05, 0.1) is 0 Å². The van der Waals surface area contributed by atoms with Crippen molar-refractivity contribution >= 4 is 15.9 Å². The van der Waals surface area contributed by atoms with Crippen molar-refractivity contribution in [3.8, 4) is 0 Å². The number of aromatic nitrogens is 1. The van der Waals surface area contributed by atoms with E-state index in [0.717, 1.165) is 17.3 Å². The normalized spacial score (nSPS) is 21.4. The summed E-state index contributed by atoms with van der Waals surface area (Å²) in [6.07, 6.45) is 11.8. The average Bonchev–Trinajstić information content (AvgIpc) is 2.43. The van der Waals surface area contributed by atoms with Crippen LogP contribution in [0.25, 0.3) is 0 Å². The number of nitrogens with zero attached hydrogens (tertiary/aromatic N) is 1. The summed E-state index contributed by atoms with van der Waals surface area (Å²) >= 11 is 3.45. The van der Waals surface area contributed by atoms with E-state index < -0.39 is 0 Å². The fourth-order valence-electron chi connectivity index (χ4n) is 2.16. The predicted octanol–water partition coefficient (Wildman–Crippen LogP) is 3.21. The number of nitrogens with two attached hydrogens (primary N) is 1. The van der Waals surface area contributed by atoms with Crippen molar-refractivity contribution in [2.75, 3.05) is 0 Å². The topological polar surface area (TPSA) is 38.9 Å². The highest BCUT2D eigenvalue weighted by atomic mass is 79.9. The minimum Gasteiger partial charge on any atom is -0.324 e. The zero-order valence-electron chi connectivity index (χ0n) is 9.32. The van der Waals surface area contributed by atoms with Crippen LogP contribution in [-0.4, -0.2) is 11.0 Å². The number of rotatable bonds is 2. The van der Waals surface area contributed by atoms with Crippen molar-refractivity contribution in [2.45, 2.75) is 38.1 Å². The van der Waals surface area contributed by atoms with Crippen LogP contribution in [-0.2, 0) is 6.42 Å². The van der Waals surface area contributed by atoms with Gasteiger partial charge >= 0.3 is 0 Å². The maximum absolute atomic E-state index is 6.01. The smallest absolute Gasteiger partial charge is 0.0410 e. The van der Waals surface area contributed by atoms with Gasteiger partial charge in [0.1, 0.15) is 0 Å². The molecule has 86 valence electrons. The summed E-state index contributed by atoms with van der Waals surface area (Å²) in [7, 11) is 0. The van der Waals surface area contributed by atoms with Gasteiger partial charge in [0, 0.05) is 22.9 Å². The molecule has 0 bridgehead atoms. The van der Waals surface area contributed by atoms with Crippen LogP contribution in [0, 0.1) is 0 Å². The highest BCUT2D eigenvalue weighted by Gasteiger charge is 2.09. The van der Waals surface area contributed by atoms with Crippen molar-refractivity contribution in [3.63, 3.8) is 0 Å². The quantitative estimate of drug-likeness (QED) is 0.845. The summed E-state index contributed by atoms with van der Waals surface area (Å²) in [5.74, 6) is 0. The maximum Gasteiger partial charge on any atom is 0.0410 e. The third kappa shape index (κ3) is 3.42. The molecule has 0 radical (unpaired) electrons. The summed E-state index contributed by atoms with van der Waals surface area (Å²) in [5.41, 5.74) is 8.73. The van der Waals surface area contributed by atoms with E-state index in [9.17, 15) is 0 Å². The first-order valence-electron chi connectivity index (χ1n) is 5.78. The summed E-state index contributed by atoms with van der Waals surface area (Å²) in [6, 6.07) is 2.38. The van der Waals surface area contributed by atoms with Gasteiger partial charge in [0.2, 0.25) is 0 Å². The lowest BCUT2D eigenvalue weighted by Gasteiger charge is -2.07. The Bertz CT molecular complexity index is 387. The first kappa shape index (κ1) is 11.8. The third-order valence-electron chi connectivity index (χ3n) is 2.93. The van der Waals surface area contributed by atoms with E-state index >= 15 is 0 Å². The molecule has 1 heterocycles. The van der Waals surface area contributed by atoms with Crippen LogP contribution in [0.4, 0.5) is 0 Å². The minimum absolute atomic E-state index is 0.248. The lowest BCUT2D eigenvalue weighted by atomic mass is 10.0. The molecular formula is C13H17BrN2. The van der Waals surface area contributed by atoms with E-state index in [-0.39, 0.29) is 6.04 Å². The fraction of sp³-hybridized carbons (Fsp3) is 0.462. The SMILES string of the molecule is NC1C=C(Cc2cncc(Br)c2)CCCC1. The second-order valence-electron chi connectivity index (χ2n) is 4.42. The fourth-order valence-corrected chi connectivity index (χ4v) is 2.58. The number of pyridine rings is 1. The lowest BCUT2D eigenvalue weighted by molar-refractivity contribution is 0.654. The number of hydrogen-bond acceptors (Lipinski definition) is 2.